The van der Waals surface area contributed by atoms with Crippen LogP contribution in [0.25, 0.3) is 0 Å². The van der Waals surface area contributed by atoms with Crippen LogP contribution in [0.15, 0.2) is 47.8 Å². The summed E-state index contributed by atoms with van der Waals surface area (Å²) in [5, 5.41) is 7.80. The van der Waals surface area contributed by atoms with Crippen molar-refractivity contribution in [2.45, 2.75) is 20.4 Å². The predicted octanol–water partition coefficient (Wildman–Crippen LogP) is 2.17. The van der Waals surface area contributed by atoms with Crippen molar-refractivity contribution in [2.24, 2.45) is 5.10 Å². The molecule has 108 valence electrons. The standard InChI is InChI=1S/C15H17N5S/c1-11-14(17-9-8-16-11)12(2)19-20-15(21)18-10-13-6-4-3-5-7-13/h3-9H,10H2,1-2H3,(H2,18,20,21)/b19-12-. The first-order chi connectivity index (χ1) is 10.2. The molecule has 0 spiro atoms. The maximum atomic E-state index is 5.19. The molecule has 1 aromatic carbocycles. The normalized spacial score (nSPS) is 11.0. The lowest BCUT2D eigenvalue weighted by atomic mass is 10.2. The molecule has 0 atom stereocenters. The van der Waals surface area contributed by atoms with E-state index in [-0.39, 0.29) is 0 Å². The molecule has 0 unspecified atom stereocenters. The van der Waals surface area contributed by atoms with Gasteiger partial charge in [-0.05, 0) is 31.6 Å². The summed E-state index contributed by atoms with van der Waals surface area (Å²) in [5.74, 6) is 0. The van der Waals surface area contributed by atoms with E-state index in [9.17, 15) is 0 Å². The molecule has 2 rings (SSSR count). The van der Waals surface area contributed by atoms with Gasteiger partial charge in [0, 0.05) is 18.9 Å². The second-order valence-corrected chi connectivity index (χ2v) is 4.88. The molecule has 0 aliphatic rings. The first-order valence-electron chi connectivity index (χ1n) is 6.57. The first kappa shape index (κ1) is 15.1. The fourth-order valence-electron chi connectivity index (χ4n) is 1.77. The van der Waals surface area contributed by atoms with Crippen molar-refractivity contribution in [3.05, 3.63) is 59.7 Å². The van der Waals surface area contributed by atoms with Crippen LogP contribution in [0.5, 0.6) is 0 Å². The Labute approximate surface area is 129 Å². The predicted molar refractivity (Wildman–Crippen MR) is 88.0 cm³/mol. The van der Waals surface area contributed by atoms with Crippen molar-refractivity contribution in [3.8, 4) is 0 Å². The van der Waals surface area contributed by atoms with Crippen molar-refractivity contribution < 1.29 is 0 Å². The van der Waals surface area contributed by atoms with Crippen molar-refractivity contribution >= 4 is 23.0 Å². The Kier molecular flexibility index (Phi) is 5.34. The van der Waals surface area contributed by atoms with Gasteiger partial charge in [0.15, 0.2) is 5.11 Å². The third kappa shape index (κ3) is 4.61. The number of benzene rings is 1. The van der Waals surface area contributed by atoms with Gasteiger partial charge < -0.3 is 5.32 Å². The van der Waals surface area contributed by atoms with Gasteiger partial charge in [-0.25, -0.2) is 0 Å². The van der Waals surface area contributed by atoms with Crippen molar-refractivity contribution in [3.63, 3.8) is 0 Å². The summed E-state index contributed by atoms with van der Waals surface area (Å²) in [6.45, 7) is 4.42. The SMILES string of the molecule is C/C(=N/NC(=S)NCc1ccccc1)c1nccnc1C. The van der Waals surface area contributed by atoms with Crippen LogP contribution in [0.4, 0.5) is 0 Å². The van der Waals surface area contributed by atoms with Crippen LogP contribution in [0.2, 0.25) is 0 Å². The number of aromatic nitrogens is 2. The molecule has 21 heavy (non-hydrogen) atoms. The minimum absolute atomic E-state index is 0.472. The molecule has 0 aliphatic carbocycles. The van der Waals surface area contributed by atoms with E-state index in [4.69, 9.17) is 12.2 Å². The Morgan fingerprint density at radius 1 is 1.19 bits per heavy atom. The molecule has 0 saturated heterocycles. The van der Waals surface area contributed by atoms with Crippen LogP contribution in [0.1, 0.15) is 23.9 Å². The van der Waals surface area contributed by atoms with E-state index in [0.29, 0.717) is 11.7 Å². The maximum absolute atomic E-state index is 5.19. The molecule has 1 aromatic heterocycles. The average molecular weight is 299 g/mol. The van der Waals surface area contributed by atoms with E-state index in [0.717, 1.165) is 22.7 Å². The molecule has 0 radical (unpaired) electrons. The van der Waals surface area contributed by atoms with Crippen LogP contribution >= 0.6 is 12.2 Å². The molecule has 0 saturated carbocycles. The number of thiocarbonyl (C=S) groups is 1. The molecule has 0 bridgehead atoms. The van der Waals surface area contributed by atoms with Crippen LogP contribution in [-0.4, -0.2) is 20.8 Å². The smallest absolute Gasteiger partial charge is 0.187 e. The number of rotatable bonds is 4. The minimum Gasteiger partial charge on any atom is -0.357 e. The average Bonchev–Trinajstić information content (AvgIpc) is 2.52. The summed E-state index contributed by atoms with van der Waals surface area (Å²) in [4.78, 5) is 8.44. The highest BCUT2D eigenvalue weighted by Crippen LogP contribution is 2.01. The zero-order valence-electron chi connectivity index (χ0n) is 12.0. The fourth-order valence-corrected chi connectivity index (χ4v) is 1.89. The third-order valence-electron chi connectivity index (χ3n) is 2.84. The van der Waals surface area contributed by atoms with Gasteiger partial charge in [-0.1, -0.05) is 30.3 Å². The molecule has 1 heterocycles. The van der Waals surface area contributed by atoms with Crippen LogP contribution in [-0.2, 0) is 6.54 Å². The Balaban J connectivity index is 1.88. The number of aryl methyl sites for hydroxylation is 1. The summed E-state index contributed by atoms with van der Waals surface area (Å²) < 4.78 is 0. The van der Waals surface area contributed by atoms with E-state index >= 15 is 0 Å². The van der Waals surface area contributed by atoms with E-state index in [2.05, 4.69) is 25.8 Å². The zero-order valence-corrected chi connectivity index (χ0v) is 12.8. The molecule has 5 nitrogen and oxygen atoms in total. The lowest BCUT2D eigenvalue weighted by molar-refractivity contribution is 0.865. The van der Waals surface area contributed by atoms with Gasteiger partial charge >= 0.3 is 0 Å². The Bertz CT molecular complexity index is 640. The molecular formula is C15H17N5S. The highest BCUT2D eigenvalue weighted by atomic mass is 32.1. The molecule has 0 aliphatic heterocycles. The highest BCUT2D eigenvalue weighted by molar-refractivity contribution is 7.80. The first-order valence-corrected chi connectivity index (χ1v) is 6.97. The molecule has 0 fully saturated rings. The Morgan fingerprint density at radius 2 is 1.90 bits per heavy atom. The molecule has 2 aromatic rings. The van der Waals surface area contributed by atoms with Gasteiger partial charge in [0.05, 0.1) is 11.4 Å². The monoisotopic (exact) mass is 299 g/mol. The summed E-state index contributed by atoms with van der Waals surface area (Å²) in [5.41, 5.74) is 6.32. The number of hydrogen-bond acceptors (Lipinski definition) is 4. The number of nitrogens with one attached hydrogen (secondary N) is 2. The summed E-state index contributed by atoms with van der Waals surface area (Å²) in [7, 11) is 0. The van der Waals surface area contributed by atoms with Crippen molar-refractivity contribution in [1.82, 2.24) is 20.7 Å². The summed E-state index contributed by atoms with van der Waals surface area (Å²) in [6.07, 6.45) is 3.30. The summed E-state index contributed by atoms with van der Waals surface area (Å²) in [6, 6.07) is 10.0. The minimum atomic E-state index is 0.472. The van der Waals surface area contributed by atoms with Gasteiger partial charge in [-0.15, -0.1) is 0 Å². The number of nitrogens with zero attached hydrogens (tertiary/aromatic N) is 3. The second-order valence-electron chi connectivity index (χ2n) is 4.47. The lowest BCUT2D eigenvalue weighted by Gasteiger charge is -2.08. The number of hydrogen-bond donors (Lipinski definition) is 2. The van der Waals surface area contributed by atoms with E-state index < -0.39 is 0 Å². The van der Waals surface area contributed by atoms with Gasteiger partial charge in [-0.3, -0.25) is 15.4 Å². The zero-order chi connectivity index (χ0) is 15.1. The van der Waals surface area contributed by atoms with Crippen molar-refractivity contribution in [1.29, 1.82) is 0 Å². The Hall–Kier alpha value is -2.34. The third-order valence-corrected chi connectivity index (χ3v) is 3.08. The topological polar surface area (TPSA) is 62.2 Å². The quantitative estimate of drug-likeness (QED) is 0.515. The lowest BCUT2D eigenvalue weighted by Crippen LogP contribution is -2.32. The van der Waals surface area contributed by atoms with Crippen LogP contribution < -0.4 is 10.7 Å². The Morgan fingerprint density at radius 3 is 2.62 bits per heavy atom. The summed E-state index contributed by atoms with van der Waals surface area (Å²) >= 11 is 5.19. The van der Waals surface area contributed by atoms with Crippen LogP contribution in [0, 0.1) is 6.92 Å². The molecule has 6 heteroatoms. The fraction of sp³-hybridized carbons (Fsp3) is 0.200. The largest absolute Gasteiger partial charge is 0.357 e. The second kappa shape index (κ2) is 7.44. The van der Waals surface area contributed by atoms with Gasteiger partial charge in [0.1, 0.15) is 5.69 Å². The van der Waals surface area contributed by atoms with Gasteiger partial charge in [0.2, 0.25) is 0 Å². The maximum Gasteiger partial charge on any atom is 0.187 e. The van der Waals surface area contributed by atoms with Crippen molar-refractivity contribution in [2.75, 3.05) is 0 Å². The molecule has 2 N–H and O–H groups in total. The van der Waals surface area contributed by atoms with E-state index in [1.807, 2.05) is 44.2 Å². The van der Waals surface area contributed by atoms with Gasteiger partial charge in [-0.2, -0.15) is 5.10 Å². The van der Waals surface area contributed by atoms with Gasteiger partial charge in [0.25, 0.3) is 0 Å². The van der Waals surface area contributed by atoms with E-state index in [1.165, 1.54) is 0 Å². The highest BCUT2D eigenvalue weighted by Gasteiger charge is 2.04. The van der Waals surface area contributed by atoms with E-state index in [1.54, 1.807) is 12.4 Å². The van der Waals surface area contributed by atoms with Crippen LogP contribution in [0.3, 0.4) is 0 Å². The molecule has 0 amide bonds. The number of hydrazone groups is 1. The molecular weight excluding hydrogens is 282 g/mol.